The number of benzene rings is 1. The fourth-order valence-electron chi connectivity index (χ4n) is 4.04. The Morgan fingerprint density at radius 3 is 2.68 bits per heavy atom. The molecule has 0 spiro atoms. The van der Waals surface area contributed by atoms with Crippen LogP contribution in [0.5, 0.6) is 5.75 Å². The zero-order valence-corrected chi connectivity index (χ0v) is 19.2. The van der Waals surface area contributed by atoms with Crippen molar-refractivity contribution in [3.8, 4) is 5.75 Å². The summed E-state index contributed by atoms with van der Waals surface area (Å²) in [4.78, 5) is 27.5. The summed E-state index contributed by atoms with van der Waals surface area (Å²) in [6, 6.07) is 5.52. The summed E-state index contributed by atoms with van der Waals surface area (Å²) in [5, 5.41) is 23.6. The van der Waals surface area contributed by atoms with Crippen LogP contribution in [0.15, 0.2) is 36.9 Å². The second-order valence-electron chi connectivity index (χ2n) is 8.35. The highest BCUT2D eigenvalue weighted by Gasteiger charge is 2.46. The molecule has 5 atom stereocenters. The topological polar surface area (TPSA) is 161 Å². The first-order chi connectivity index (χ1) is 16.3. The largest absolute Gasteiger partial charge is 0.497 e. The molecule has 1 aliphatic heterocycles. The molecule has 0 radical (unpaired) electrons. The first-order valence-corrected chi connectivity index (χ1v) is 10.8. The van der Waals surface area contributed by atoms with E-state index in [9.17, 15) is 15.0 Å². The molecule has 1 fully saturated rings. The molecular formula is C22H29N7O5. The Morgan fingerprint density at radius 2 is 2.03 bits per heavy atom. The van der Waals surface area contributed by atoms with E-state index >= 15 is 0 Å². The monoisotopic (exact) mass is 471 g/mol. The third-order valence-electron chi connectivity index (χ3n) is 5.85. The number of aliphatic hydroxyl groups is 2. The number of carbonyl (C=O) groups is 1. The summed E-state index contributed by atoms with van der Waals surface area (Å²) in [5.41, 5.74) is 7.98. The summed E-state index contributed by atoms with van der Waals surface area (Å²) in [5.74, 6) is 0.861. The van der Waals surface area contributed by atoms with E-state index in [4.69, 9.17) is 15.2 Å². The van der Waals surface area contributed by atoms with Crippen molar-refractivity contribution in [2.45, 2.75) is 36.9 Å². The molecule has 12 nitrogen and oxygen atoms in total. The van der Waals surface area contributed by atoms with Gasteiger partial charge in [-0.15, -0.1) is 0 Å². The van der Waals surface area contributed by atoms with Crippen LogP contribution in [0, 0.1) is 0 Å². The van der Waals surface area contributed by atoms with E-state index in [2.05, 4.69) is 20.3 Å². The van der Waals surface area contributed by atoms with Crippen molar-refractivity contribution in [2.75, 3.05) is 32.7 Å². The number of ether oxygens (including phenoxy) is 2. The fourth-order valence-corrected chi connectivity index (χ4v) is 4.04. The second-order valence-corrected chi connectivity index (χ2v) is 8.35. The van der Waals surface area contributed by atoms with Gasteiger partial charge >= 0.3 is 0 Å². The number of nitrogens with zero attached hydrogens (tertiary/aromatic N) is 5. The number of rotatable bonds is 8. The number of amides is 1. The van der Waals surface area contributed by atoms with E-state index in [1.807, 2.05) is 26.2 Å². The smallest absolute Gasteiger partial charge is 0.237 e. The third-order valence-corrected chi connectivity index (χ3v) is 5.85. The van der Waals surface area contributed by atoms with Gasteiger partial charge in [0.1, 0.15) is 24.3 Å². The van der Waals surface area contributed by atoms with Gasteiger partial charge in [-0.05, 0) is 24.1 Å². The predicted octanol–water partition coefficient (Wildman–Crippen LogP) is -0.794. The molecule has 0 saturated carbocycles. The molecule has 1 amide bonds. The van der Waals surface area contributed by atoms with Gasteiger partial charge in [0.25, 0.3) is 0 Å². The summed E-state index contributed by atoms with van der Waals surface area (Å²) in [7, 11) is 5.25. The number of carbonyl (C=O) groups excluding carboxylic acids is 1. The van der Waals surface area contributed by atoms with Crippen molar-refractivity contribution in [1.29, 1.82) is 0 Å². The third kappa shape index (κ3) is 4.53. The Labute approximate surface area is 196 Å². The van der Waals surface area contributed by atoms with Gasteiger partial charge in [0.05, 0.1) is 32.1 Å². The van der Waals surface area contributed by atoms with Gasteiger partial charge in [-0.1, -0.05) is 12.1 Å². The minimum absolute atomic E-state index is 0.295. The van der Waals surface area contributed by atoms with Crippen LogP contribution in [-0.2, 0) is 16.0 Å². The minimum Gasteiger partial charge on any atom is -0.497 e. The van der Waals surface area contributed by atoms with Gasteiger partial charge in [0.2, 0.25) is 5.91 Å². The highest BCUT2D eigenvalue weighted by atomic mass is 16.5. The lowest BCUT2D eigenvalue weighted by Gasteiger charge is -2.23. The Balaban J connectivity index is 1.49. The van der Waals surface area contributed by atoms with Gasteiger partial charge in [0, 0.05) is 14.1 Å². The number of methoxy groups -OCH3 is 1. The van der Waals surface area contributed by atoms with Gasteiger partial charge in [-0.25, -0.2) is 15.0 Å². The van der Waals surface area contributed by atoms with E-state index in [0.717, 1.165) is 5.56 Å². The van der Waals surface area contributed by atoms with E-state index in [1.165, 1.54) is 12.7 Å². The van der Waals surface area contributed by atoms with Crippen LogP contribution in [-0.4, -0.2) is 87.7 Å². The van der Waals surface area contributed by atoms with Crippen LogP contribution < -0.4 is 20.7 Å². The molecular weight excluding hydrogens is 442 g/mol. The average molecular weight is 472 g/mol. The number of imidazole rings is 1. The maximum atomic E-state index is 12.8. The number of anilines is 1. The Kier molecular flexibility index (Phi) is 6.93. The zero-order valence-electron chi connectivity index (χ0n) is 19.2. The molecule has 0 bridgehead atoms. The molecule has 34 heavy (non-hydrogen) atoms. The minimum atomic E-state index is -1.18. The van der Waals surface area contributed by atoms with Crippen LogP contribution in [0.1, 0.15) is 11.8 Å². The molecule has 0 aliphatic carbocycles. The number of hydrogen-bond donors (Lipinski definition) is 4. The van der Waals surface area contributed by atoms with E-state index in [1.54, 1.807) is 28.7 Å². The number of aliphatic hydroxyl groups excluding tert-OH is 2. The molecule has 2 aromatic heterocycles. The molecule has 182 valence electrons. The van der Waals surface area contributed by atoms with Crippen LogP contribution in [0.2, 0.25) is 0 Å². The first kappa shape index (κ1) is 23.8. The molecule has 3 aromatic rings. The van der Waals surface area contributed by atoms with Crippen molar-refractivity contribution < 1.29 is 24.5 Å². The average Bonchev–Trinajstić information content (AvgIpc) is 3.40. The van der Waals surface area contributed by atoms with Crippen LogP contribution >= 0.6 is 0 Å². The summed E-state index contributed by atoms with van der Waals surface area (Å²) < 4.78 is 12.6. The van der Waals surface area contributed by atoms with Crippen molar-refractivity contribution in [1.82, 2.24) is 24.8 Å². The maximum Gasteiger partial charge on any atom is 0.237 e. The molecule has 1 aromatic carbocycles. The molecule has 4 rings (SSSR count). The molecule has 2 unspecified atom stereocenters. The van der Waals surface area contributed by atoms with Crippen molar-refractivity contribution in [3.63, 3.8) is 0 Å². The van der Waals surface area contributed by atoms with Crippen LogP contribution in [0.3, 0.4) is 0 Å². The van der Waals surface area contributed by atoms with Gasteiger partial charge < -0.3 is 35.6 Å². The van der Waals surface area contributed by atoms with Crippen molar-refractivity contribution >= 4 is 22.9 Å². The first-order valence-electron chi connectivity index (χ1n) is 10.8. The zero-order chi connectivity index (χ0) is 24.4. The predicted molar refractivity (Wildman–Crippen MR) is 123 cm³/mol. The SMILES string of the molecule is COc1ccc(C[C@H](N)C(=O)N[C@H]2C(O)C(n3cnc4c(N(C)C)ncnc43)O[C@@H]2CO)cc1. The number of nitrogens with one attached hydrogen (secondary N) is 1. The normalized spacial score (nSPS) is 23.1. The standard InChI is InChI=1S/C22H29N7O5/c1-28(2)19-17-20(25-10-24-19)29(11-26-17)22-18(31)16(15(9-30)34-22)27-21(32)14(23)8-12-4-6-13(33-3)7-5-12/h4-7,10-11,14-16,18,22,30-31H,8-9,23H2,1-3H3,(H,27,32)/t14-,15+,16+,18?,22?/m0/s1. The Morgan fingerprint density at radius 1 is 1.29 bits per heavy atom. The van der Waals surface area contributed by atoms with E-state index in [-0.39, 0.29) is 0 Å². The Bertz CT molecular complexity index is 1140. The second kappa shape index (κ2) is 9.89. The van der Waals surface area contributed by atoms with Crippen LogP contribution in [0.4, 0.5) is 5.82 Å². The molecule has 1 saturated heterocycles. The molecule has 3 heterocycles. The van der Waals surface area contributed by atoms with Crippen molar-refractivity contribution in [3.05, 3.63) is 42.5 Å². The lowest BCUT2D eigenvalue weighted by atomic mass is 10.0. The van der Waals surface area contributed by atoms with E-state index < -0.39 is 43.0 Å². The number of nitrogens with two attached hydrogens (primary N) is 1. The maximum absolute atomic E-state index is 12.8. The number of aromatic nitrogens is 4. The summed E-state index contributed by atoms with van der Waals surface area (Å²) in [6.45, 7) is -0.406. The summed E-state index contributed by atoms with van der Waals surface area (Å²) >= 11 is 0. The van der Waals surface area contributed by atoms with Gasteiger partial charge in [-0.2, -0.15) is 0 Å². The molecule has 5 N–H and O–H groups in total. The fraction of sp³-hybridized carbons (Fsp3) is 0.455. The quantitative estimate of drug-likeness (QED) is 0.328. The lowest BCUT2D eigenvalue weighted by molar-refractivity contribution is -0.124. The highest BCUT2D eigenvalue weighted by Crippen LogP contribution is 2.32. The van der Waals surface area contributed by atoms with Crippen LogP contribution in [0.25, 0.3) is 11.2 Å². The molecule has 1 aliphatic rings. The number of hydrogen-bond acceptors (Lipinski definition) is 10. The van der Waals surface area contributed by atoms with E-state index in [0.29, 0.717) is 29.2 Å². The Hall–Kier alpha value is -3.32. The van der Waals surface area contributed by atoms with Gasteiger partial charge in [-0.3, -0.25) is 9.36 Å². The van der Waals surface area contributed by atoms with Gasteiger partial charge in [0.15, 0.2) is 23.2 Å². The van der Waals surface area contributed by atoms with Crippen molar-refractivity contribution in [2.24, 2.45) is 5.73 Å². The molecule has 12 heteroatoms. The lowest BCUT2D eigenvalue weighted by Crippen LogP contribution is -2.53. The number of fused-ring (bicyclic) bond motifs is 1. The summed E-state index contributed by atoms with van der Waals surface area (Å²) in [6.07, 6.45) is 0.250. The highest BCUT2D eigenvalue weighted by molar-refractivity contribution is 5.83.